The van der Waals surface area contributed by atoms with E-state index in [1.807, 2.05) is 36.4 Å². The van der Waals surface area contributed by atoms with Gasteiger partial charge in [-0.2, -0.15) is 0 Å². The van der Waals surface area contributed by atoms with Crippen LogP contribution >= 0.6 is 0 Å². The van der Waals surface area contributed by atoms with E-state index >= 15 is 0 Å². The Bertz CT molecular complexity index is 902. The Balaban J connectivity index is 0.000000199. The van der Waals surface area contributed by atoms with Gasteiger partial charge in [-0.25, -0.2) is 0 Å². The van der Waals surface area contributed by atoms with Crippen LogP contribution in [0.4, 0.5) is 0 Å². The number of hydrogen-bond acceptors (Lipinski definition) is 6. The van der Waals surface area contributed by atoms with Crippen LogP contribution in [0.15, 0.2) is 60.7 Å². The van der Waals surface area contributed by atoms with Crippen LogP contribution < -0.4 is 0 Å². The second-order valence-electron chi connectivity index (χ2n) is 9.03. The summed E-state index contributed by atoms with van der Waals surface area (Å²) in [6, 6.07) is 20.5. The van der Waals surface area contributed by atoms with Gasteiger partial charge < -0.3 is 18.9 Å². The third-order valence-electron chi connectivity index (χ3n) is 6.60. The number of fused-ring (bicyclic) bond motifs is 4. The van der Waals surface area contributed by atoms with Gasteiger partial charge in [0.25, 0.3) is 0 Å². The second kappa shape index (κ2) is 9.24. The fraction of sp³-hybridized carbons (Fsp3) is 0.462. The van der Waals surface area contributed by atoms with Crippen molar-refractivity contribution < 1.29 is 28.5 Å². The zero-order chi connectivity index (χ0) is 22.0. The molecule has 0 amide bonds. The number of carbonyl (C=O) groups excluding carboxylic acids is 2. The summed E-state index contributed by atoms with van der Waals surface area (Å²) in [7, 11) is 0. The topological polar surface area (TPSA) is 71.1 Å². The molecule has 0 radical (unpaired) electrons. The van der Waals surface area contributed by atoms with E-state index in [0.717, 1.165) is 25.7 Å². The Labute approximate surface area is 187 Å². The number of ether oxygens (including phenoxy) is 4. The van der Waals surface area contributed by atoms with Gasteiger partial charge in [0.1, 0.15) is 0 Å². The first kappa shape index (κ1) is 21.5. The van der Waals surface area contributed by atoms with Crippen LogP contribution in [0.3, 0.4) is 0 Å². The largest absolute Gasteiger partial charge is 0.343 e. The number of ketones is 2. The summed E-state index contributed by atoms with van der Waals surface area (Å²) in [6.07, 6.45) is 2.72. The van der Waals surface area contributed by atoms with Crippen molar-refractivity contribution in [1.29, 1.82) is 0 Å². The molecule has 2 aromatic carbocycles. The highest BCUT2D eigenvalue weighted by atomic mass is 16.7. The first-order chi connectivity index (χ1) is 15.6. The van der Waals surface area contributed by atoms with E-state index in [2.05, 4.69) is 24.3 Å². The molecule has 4 saturated heterocycles. The second-order valence-corrected chi connectivity index (χ2v) is 9.03. The molecule has 0 spiro atoms. The summed E-state index contributed by atoms with van der Waals surface area (Å²) < 4.78 is 21.4. The lowest BCUT2D eigenvalue weighted by Crippen LogP contribution is -2.48. The third kappa shape index (κ3) is 4.55. The van der Waals surface area contributed by atoms with E-state index in [9.17, 15) is 9.59 Å². The van der Waals surface area contributed by atoms with Gasteiger partial charge in [-0.05, 0) is 36.8 Å². The van der Waals surface area contributed by atoms with E-state index in [4.69, 9.17) is 18.9 Å². The standard InChI is InChI=1S/C20H20O3.C6H8O3/c21-18-19-22-14-17(23-19)13-20(18,11-15-7-3-1-4-8-15)12-16-9-5-2-6-10-16;7-5-2-1-4-3-8-6(5)9-4/h1-10,17,19H,11-14H2;4,6H,1-3H2/t17-,19+;4-,6+/m00/s1. The molecule has 4 aliphatic rings. The van der Waals surface area contributed by atoms with Crippen LogP contribution in [0, 0.1) is 5.41 Å². The van der Waals surface area contributed by atoms with Crippen molar-refractivity contribution in [3.8, 4) is 0 Å². The molecule has 4 atom stereocenters. The fourth-order valence-electron chi connectivity index (χ4n) is 5.02. The highest BCUT2D eigenvalue weighted by molar-refractivity contribution is 5.89. The number of hydrogen-bond donors (Lipinski definition) is 0. The van der Waals surface area contributed by atoms with Crippen LogP contribution in [0.25, 0.3) is 0 Å². The van der Waals surface area contributed by atoms with E-state index < -0.39 is 18.0 Å². The minimum absolute atomic E-state index is 0.0325. The van der Waals surface area contributed by atoms with Crippen molar-refractivity contribution in [2.75, 3.05) is 13.2 Å². The molecule has 0 unspecified atom stereocenters. The van der Waals surface area contributed by atoms with E-state index in [1.54, 1.807) is 0 Å². The van der Waals surface area contributed by atoms with Crippen molar-refractivity contribution in [3.05, 3.63) is 71.8 Å². The Kier molecular flexibility index (Phi) is 6.20. The van der Waals surface area contributed by atoms with Gasteiger partial charge >= 0.3 is 0 Å². The summed E-state index contributed by atoms with van der Waals surface area (Å²) in [4.78, 5) is 23.9. The van der Waals surface area contributed by atoms with E-state index in [1.165, 1.54) is 11.1 Å². The fourth-order valence-corrected chi connectivity index (χ4v) is 5.02. The van der Waals surface area contributed by atoms with Gasteiger partial charge in [0, 0.05) is 11.8 Å². The lowest BCUT2D eigenvalue weighted by Gasteiger charge is -2.38. The van der Waals surface area contributed by atoms with Crippen molar-refractivity contribution >= 4 is 11.6 Å². The highest BCUT2D eigenvalue weighted by Crippen LogP contribution is 2.43. The molecule has 0 aliphatic carbocycles. The summed E-state index contributed by atoms with van der Waals surface area (Å²) >= 11 is 0. The minimum atomic E-state index is -0.679. The van der Waals surface area contributed by atoms with Crippen LogP contribution in [0.1, 0.15) is 30.4 Å². The van der Waals surface area contributed by atoms with Gasteiger partial charge in [0.15, 0.2) is 11.6 Å². The summed E-state index contributed by atoms with van der Waals surface area (Å²) in [5.41, 5.74) is 1.95. The third-order valence-corrected chi connectivity index (χ3v) is 6.60. The maximum atomic E-state index is 13.1. The molecule has 4 aliphatic heterocycles. The molecular weight excluding hydrogens is 408 g/mol. The molecular formula is C26H28O6. The smallest absolute Gasteiger partial charge is 0.218 e. The predicted molar refractivity (Wildman–Crippen MR) is 116 cm³/mol. The number of Topliss-reactive ketones (excluding diaryl/α,β-unsaturated/α-hetero) is 2. The first-order valence-electron chi connectivity index (χ1n) is 11.3. The van der Waals surface area contributed by atoms with Gasteiger partial charge in [-0.15, -0.1) is 0 Å². The highest BCUT2D eigenvalue weighted by Gasteiger charge is 2.52. The number of benzene rings is 2. The monoisotopic (exact) mass is 436 g/mol. The lowest BCUT2D eigenvalue weighted by molar-refractivity contribution is -0.168. The molecule has 6 heteroatoms. The molecule has 4 fully saturated rings. The van der Waals surface area contributed by atoms with Gasteiger partial charge in [-0.1, -0.05) is 60.7 Å². The van der Waals surface area contributed by atoms with E-state index in [0.29, 0.717) is 19.6 Å². The molecule has 4 bridgehead atoms. The maximum absolute atomic E-state index is 13.1. The molecule has 4 heterocycles. The summed E-state index contributed by atoms with van der Waals surface area (Å²) in [5.74, 6) is 0.197. The molecule has 2 aromatic rings. The summed E-state index contributed by atoms with van der Waals surface area (Å²) in [5, 5.41) is 0. The molecule has 0 N–H and O–H groups in total. The van der Waals surface area contributed by atoms with Crippen LogP contribution in [0.2, 0.25) is 0 Å². The Hall–Kier alpha value is -2.38. The minimum Gasteiger partial charge on any atom is -0.343 e. The van der Waals surface area contributed by atoms with Crippen molar-refractivity contribution in [2.45, 2.75) is 56.9 Å². The zero-order valence-electron chi connectivity index (χ0n) is 18.0. The van der Waals surface area contributed by atoms with Gasteiger partial charge in [0.2, 0.25) is 12.6 Å². The molecule has 32 heavy (non-hydrogen) atoms. The van der Waals surface area contributed by atoms with Crippen LogP contribution in [0.5, 0.6) is 0 Å². The molecule has 0 saturated carbocycles. The number of rotatable bonds is 4. The van der Waals surface area contributed by atoms with Gasteiger partial charge in [0.05, 0.1) is 25.4 Å². The van der Waals surface area contributed by atoms with Crippen LogP contribution in [-0.2, 0) is 41.4 Å². The quantitative estimate of drug-likeness (QED) is 0.733. The maximum Gasteiger partial charge on any atom is 0.218 e. The predicted octanol–water partition coefficient (Wildman–Crippen LogP) is 3.26. The Morgan fingerprint density at radius 2 is 1.31 bits per heavy atom. The van der Waals surface area contributed by atoms with Crippen molar-refractivity contribution in [3.63, 3.8) is 0 Å². The first-order valence-corrected chi connectivity index (χ1v) is 11.3. The van der Waals surface area contributed by atoms with Crippen LogP contribution in [-0.4, -0.2) is 49.6 Å². The Morgan fingerprint density at radius 1 is 0.750 bits per heavy atom. The molecule has 168 valence electrons. The SMILES string of the molecule is O=C1CC[C@H]2CO[C@@H]1O2.O=C1[C@@H]2OC[C@H](CC1(Cc1ccccc1)Cc1ccccc1)O2. The Morgan fingerprint density at radius 3 is 1.94 bits per heavy atom. The molecule has 6 nitrogen and oxygen atoms in total. The lowest BCUT2D eigenvalue weighted by atomic mass is 9.69. The average molecular weight is 437 g/mol. The normalized spacial score (nSPS) is 30.0. The molecule has 0 aromatic heterocycles. The van der Waals surface area contributed by atoms with E-state index in [-0.39, 0.29) is 23.8 Å². The molecule has 6 rings (SSSR count). The van der Waals surface area contributed by atoms with Gasteiger partial charge in [-0.3, -0.25) is 9.59 Å². The van der Waals surface area contributed by atoms with Crippen molar-refractivity contribution in [1.82, 2.24) is 0 Å². The zero-order valence-corrected chi connectivity index (χ0v) is 18.0. The summed E-state index contributed by atoms with van der Waals surface area (Å²) in [6.45, 7) is 1.14. The number of carbonyl (C=O) groups is 2. The average Bonchev–Trinajstić information content (AvgIpc) is 3.42. The van der Waals surface area contributed by atoms with Crippen molar-refractivity contribution in [2.24, 2.45) is 5.41 Å².